The molecule has 0 rings (SSSR count). The van der Waals surface area contributed by atoms with Crippen LogP contribution in [0.15, 0.2) is 0 Å². The van der Waals surface area contributed by atoms with E-state index in [2.05, 4.69) is 10.2 Å². The van der Waals surface area contributed by atoms with E-state index in [-0.39, 0.29) is 50.9 Å². The summed E-state index contributed by atoms with van der Waals surface area (Å²) < 4.78 is 0. The zero-order valence-corrected chi connectivity index (χ0v) is 8.39. The molecule has 0 bridgehead atoms. The summed E-state index contributed by atoms with van der Waals surface area (Å²) in [5, 5.41) is 0. The number of rotatable bonds is 0. The quantitative estimate of drug-likeness (QED) is 0.387. The molecule has 0 saturated heterocycles. The molecule has 0 nitrogen and oxygen atoms in total. The lowest BCUT2D eigenvalue weighted by Gasteiger charge is -1.03. The van der Waals surface area contributed by atoms with Gasteiger partial charge in [0.15, 0.2) is 0 Å². The van der Waals surface area contributed by atoms with Crippen LogP contribution in [0.25, 0.3) is 0 Å². The Kier molecular flexibility index (Phi) is 270. The van der Waals surface area contributed by atoms with Crippen molar-refractivity contribution in [2.75, 3.05) is 0 Å². The molecule has 0 aromatic heterocycles. The largest absolute Gasteiger partial charge is 1.00 e. The average Bonchev–Trinajstić information content (AvgIpc) is 1.00. The minimum Gasteiger partial charge on any atom is -1.00 e. The molecular weight excluding hydrogens is 280 g/mol. The van der Waals surface area contributed by atoms with Crippen LogP contribution in [0, 0.1) is 0 Å². The van der Waals surface area contributed by atoms with E-state index in [1.807, 2.05) is 0 Å². The fourth-order valence-corrected chi connectivity index (χ4v) is 0. The van der Waals surface area contributed by atoms with Gasteiger partial charge in [-0.1, -0.05) is 6.55 Å². The maximum atomic E-state index is 2.97. The summed E-state index contributed by atoms with van der Waals surface area (Å²) in [6, 6.07) is 0. The van der Waals surface area contributed by atoms with Crippen molar-refractivity contribution >= 4 is 10.2 Å². The van der Waals surface area contributed by atoms with Crippen molar-refractivity contribution in [2.24, 2.45) is 0 Å². The zero-order valence-electron chi connectivity index (χ0n) is 2.63. The van der Waals surface area contributed by atoms with Gasteiger partial charge in [-0.15, -0.1) is 0 Å². The number of hydrogen-bond acceptors (Lipinski definition) is 0. The molecule has 4 heteroatoms. The lowest BCUT2D eigenvalue weighted by Crippen LogP contribution is -3.00. The van der Waals surface area contributed by atoms with Crippen LogP contribution in [0.5, 0.6) is 0 Å². The summed E-state index contributed by atoms with van der Waals surface area (Å²) in [6.07, 6.45) is 0. The third-order valence-corrected chi connectivity index (χ3v) is 0. The van der Waals surface area contributed by atoms with Crippen LogP contribution >= 0.6 is 0 Å². The van der Waals surface area contributed by atoms with Gasteiger partial charge in [-0.25, -0.2) is 0 Å². The molecule has 0 aliphatic carbocycles. The van der Waals surface area contributed by atoms with E-state index in [0.717, 1.165) is 0 Å². The first-order valence-corrected chi connectivity index (χ1v) is 1.50. The molecule has 0 unspecified atom stereocenters. The number of halogens is 3. The molecule has 5 heavy (non-hydrogen) atoms. The minimum absolute atomic E-state index is 0. The fourth-order valence-electron chi connectivity index (χ4n) is 0. The Hall–Kier alpha value is 1.66. The van der Waals surface area contributed by atoms with E-state index in [1.54, 1.807) is 6.55 Å². The molecule has 35 valence electrons. The molecule has 0 saturated carbocycles. The van der Waals surface area contributed by atoms with Crippen molar-refractivity contribution in [3.05, 3.63) is 0 Å². The molecule has 0 aliphatic rings. The van der Waals surface area contributed by atoms with Crippen LogP contribution in [-0.2, 0) is 0 Å². The number of hydrogen-bond donors (Lipinski definition) is 0. The molecule has 0 spiro atoms. The summed E-state index contributed by atoms with van der Waals surface area (Å²) in [5.41, 5.74) is 0. The van der Waals surface area contributed by atoms with E-state index in [4.69, 9.17) is 0 Å². The molecule has 0 N–H and O–H groups in total. The van der Waals surface area contributed by atoms with E-state index in [0.29, 0.717) is 0 Å². The maximum absolute atomic E-state index is 2.97. The van der Waals surface area contributed by atoms with Gasteiger partial charge in [0.05, 0.1) is 0 Å². The van der Waals surface area contributed by atoms with Crippen molar-refractivity contribution in [2.45, 2.75) is 6.55 Å². The Labute approximate surface area is 67.4 Å². The Morgan fingerprint density at radius 3 is 0.800 bits per heavy atom. The summed E-state index contributed by atoms with van der Waals surface area (Å²) in [5.74, 6) is 0. The molecule has 0 amide bonds. The maximum Gasteiger partial charge on any atom is 0.0184 e. The first kappa shape index (κ1) is 30.2. The van der Waals surface area contributed by atoms with Crippen molar-refractivity contribution in [1.82, 2.24) is 0 Å². The SMILES string of the molecule is C[Si].[Br-].[Br-].[Br-]. The van der Waals surface area contributed by atoms with Gasteiger partial charge in [-0.2, -0.15) is 0 Å². The first-order valence-electron chi connectivity index (χ1n) is 0.500. The average molecular weight is 283 g/mol. The Balaban J connectivity index is -0.00000000167. The predicted molar refractivity (Wildman–Crippen MR) is 11.6 cm³/mol. The molecule has 3 radical (unpaired) electrons. The van der Waals surface area contributed by atoms with E-state index in [9.17, 15) is 0 Å². The highest BCUT2D eigenvalue weighted by Gasteiger charge is 0.972. The normalized spacial score (nSPS) is 1.20. The minimum atomic E-state index is 0. The van der Waals surface area contributed by atoms with Crippen LogP contribution in [0.2, 0.25) is 6.55 Å². The van der Waals surface area contributed by atoms with Crippen LogP contribution in [-0.4, -0.2) is 10.2 Å². The van der Waals surface area contributed by atoms with Gasteiger partial charge in [-0.3, -0.25) is 0 Å². The van der Waals surface area contributed by atoms with Gasteiger partial charge < -0.3 is 50.9 Å². The highest BCUT2D eigenvalue weighted by Crippen LogP contribution is 0.960. The molecular formula is CH3Br3Si-3. The zero-order chi connectivity index (χ0) is 2.00. The van der Waals surface area contributed by atoms with Gasteiger partial charge in [0.25, 0.3) is 0 Å². The highest BCUT2D eigenvalue weighted by atomic mass is 79.9. The fraction of sp³-hybridized carbons (Fsp3) is 1.00. The molecule has 0 aromatic carbocycles. The van der Waals surface area contributed by atoms with E-state index < -0.39 is 0 Å². The second-order valence-corrected chi connectivity index (χ2v) is 0. The monoisotopic (exact) mass is 280 g/mol. The summed E-state index contributed by atoms with van der Waals surface area (Å²) in [6.45, 7) is 1.81. The molecule has 0 aliphatic heterocycles. The molecule has 0 aromatic rings. The summed E-state index contributed by atoms with van der Waals surface area (Å²) >= 11 is 0. The standard InChI is InChI=1S/CH3Si.3BrH/c1-2;;;/h1H3;3*1H/p-3. The molecule has 0 heterocycles. The summed E-state index contributed by atoms with van der Waals surface area (Å²) in [7, 11) is 2.97. The van der Waals surface area contributed by atoms with Gasteiger partial charge >= 0.3 is 0 Å². The third-order valence-electron chi connectivity index (χ3n) is 0. The van der Waals surface area contributed by atoms with Crippen molar-refractivity contribution in [3.8, 4) is 0 Å². The van der Waals surface area contributed by atoms with Crippen molar-refractivity contribution < 1.29 is 50.9 Å². The second kappa shape index (κ2) is 44.7. The Morgan fingerprint density at radius 2 is 0.800 bits per heavy atom. The van der Waals surface area contributed by atoms with Gasteiger partial charge in [0.1, 0.15) is 0 Å². The van der Waals surface area contributed by atoms with Crippen molar-refractivity contribution in [3.63, 3.8) is 0 Å². The Morgan fingerprint density at radius 1 is 0.800 bits per heavy atom. The second-order valence-electron chi connectivity index (χ2n) is 0. The van der Waals surface area contributed by atoms with Crippen LogP contribution in [0.3, 0.4) is 0 Å². The molecule has 0 fully saturated rings. The highest BCUT2D eigenvalue weighted by molar-refractivity contribution is 6.05. The topological polar surface area (TPSA) is 0 Å². The lowest BCUT2D eigenvalue weighted by atomic mass is 11.9. The van der Waals surface area contributed by atoms with Crippen LogP contribution in [0.1, 0.15) is 0 Å². The van der Waals surface area contributed by atoms with Crippen LogP contribution in [0.4, 0.5) is 0 Å². The molecule has 0 atom stereocenters. The third kappa shape index (κ3) is 27.6. The van der Waals surface area contributed by atoms with Gasteiger partial charge in [-0.05, 0) is 0 Å². The lowest BCUT2D eigenvalue weighted by molar-refractivity contribution is -0.00100. The Bertz CT molecular complexity index is 6.85. The summed E-state index contributed by atoms with van der Waals surface area (Å²) in [4.78, 5) is 0. The smallest absolute Gasteiger partial charge is 0.0184 e. The van der Waals surface area contributed by atoms with Crippen molar-refractivity contribution in [1.29, 1.82) is 0 Å². The first-order chi connectivity index (χ1) is 1.00. The van der Waals surface area contributed by atoms with Crippen LogP contribution < -0.4 is 50.9 Å². The van der Waals surface area contributed by atoms with Gasteiger partial charge in [0.2, 0.25) is 0 Å². The van der Waals surface area contributed by atoms with E-state index >= 15 is 0 Å². The van der Waals surface area contributed by atoms with Gasteiger partial charge in [0, 0.05) is 10.2 Å². The van der Waals surface area contributed by atoms with E-state index in [1.165, 1.54) is 0 Å². The predicted octanol–water partition coefficient (Wildman–Crippen LogP) is -8.79.